The standard InChI is InChI=1S/C33H67NO2Si3/c1-26(2)39(27(3)4,28(5)6)35-31(19-17-18-23-34)25-29(7)20-21-30(8)32(22-24-37(12,13)14)36-38(15,16)33(9,10)11/h20-22,24,26-32H,17-19,25H2,1-16H3/b21-20+,24-22+/t29-,30-,31+,32-/m1/s1. The Morgan fingerprint density at radius 1 is 0.769 bits per heavy atom. The molecule has 3 nitrogen and oxygen atoms in total. The van der Waals surface area contributed by atoms with Gasteiger partial charge in [-0.2, -0.15) is 5.26 Å². The predicted octanol–water partition coefficient (Wildman–Crippen LogP) is 11.3. The smallest absolute Gasteiger partial charge is 0.200 e. The van der Waals surface area contributed by atoms with Gasteiger partial charge in [-0.15, -0.1) is 0 Å². The molecule has 0 aromatic rings. The van der Waals surface area contributed by atoms with Crippen LogP contribution in [0.15, 0.2) is 23.9 Å². The predicted molar refractivity (Wildman–Crippen MR) is 182 cm³/mol. The Morgan fingerprint density at radius 3 is 1.69 bits per heavy atom. The maximum absolute atomic E-state index is 9.17. The molecule has 0 unspecified atom stereocenters. The quantitative estimate of drug-likeness (QED) is 0.0956. The van der Waals surface area contributed by atoms with E-state index in [1.807, 2.05) is 0 Å². The third-order valence-electron chi connectivity index (χ3n) is 8.81. The van der Waals surface area contributed by atoms with Crippen molar-refractivity contribution in [2.24, 2.45) is 11.8 Å². The van der Waals surface area contributed by atoms with E-state index in [0.29, 0.717) is 34.9 Å². The van der Waals surface area contributed by atoms with E-state index in [1.54, 1.807) is 0 Å². The van der Waals surface area contributed by atoms with Crippen molar-refractivity contribution in [3.8, 4) is 6.07 Å². The molecule has 0 spiro atoms. The summed E-state index contributed by atoms with van der Waals surface area (Å²) in [5.74, 6) is 0.717. The average Bonchev–Trinajstić information content (AvgIpc) is 2.76. The van der Waals surface area contributed by atoms with Crippen LogP contribution in [-0.4, -0.2) is 36.9 Å². The number of rotatable bonds is 17. The Hall–Kier alpha value is -0.459. The topological polar surface area (TPSA) is 42.2 Å². The van der Waals surface area contributed by atoms with Crippen molar-refractivity contribution in [2.45, 2.75) is 168 Å². The fraction of sp³-hybridized carbons (Fsp3) is 0.848. The highest BCUT2D eigenvalue weighted by atomic mass is 28.4. The van der Waals surface area contributed by atoms with Crippen LogP contribution < -0.4 is 0 Å². The van der Waals surface area contributed by atoms with Crippen LogP contribution in [0.1, 0.15) is 102 Å². The molecular weight excluding hydrogens is 527 g/mol. The van der Waals surface area contributed by atoms with Gasteiger partial charge in [-0.3, -0.25) is 0 Å². The Balaban J connectivity index is 5.92. The Morgan fingerprint density at radius 2 is 1.28 bits per heavy atom. The second kappa shape index (κ2) is 16.2. The highest BCUT2D eigenvalue weighted by Crippen LogP contribution is 2.44. The van der Waals surface area contributed by atoms with E-state index in [2.05, 4.69) is 139 Å². The van der Waals surface area contributed by atoms with Crippen LogP contribution in [0.4, 0.5) is 0 Å². The maximum atomic E-state index is 9.17. The summed E-state index contributed by atoms with van der Waals surface area (Å²) in [6.45, 7) is 37.6. The zero-order valence-corrected chi connectivity index (χ0v) is 31.9. The van der Waals surface area contributed by atoms with Gasteiger partial charge in [-0.05, 0) is 59.9 Å². The molecule has 6 heteroatoms. The number of nitrogens with zero attached hydrogens (tertiary/aromatic N) is 1. The molecule has 0 aliphatic heterocycles. The Bertz CT molecular complexity index is 775. The third-order valence-corrected chi connectivity index (χ3v) is 20.6. The highest BCUT2D eigenvalue weighted by Gasteiger charge is 2.46. The molecule has 0 amide bonds. The van der Waals surface area contributed by atoms with E-state index in [4.69, 9.17) is 8.85 Å². The van der Waals surface area contributed by atoms with Gasteiger partial charge in [0.1, 0.15) is 0 Å². The van der Waals surface area contributed by atoms with E-state index in [9.17, 15) is 5.26 Å². The summed E-state index contributed by atoms with van der Waals surface area (Å²) >= 11 is 0. The summed E-state index contributed by atoms with van der Waals surface area (Å²) in [5.41, 5.74) is 4.14. The van der Waals surface area contributed by atoms with Gasteiger partial charge in [0.05, 0.1) is 20.2 Å². The van der Waals surface area contributed by atoms with E-state index >= 15 is 0 Å². The normalized spacial score (nSPS) is 17.4. The van der Waals surface area contributed by atoms with Crippen molar-refractivity contribution < 1.29 is 8.85 Å². The Kier molecular flexibility index (Phi) is 16.1. The lowest BCUT2D eigenvalue weighted by Gasteiger charge is -2.45. The molecule has 0 saturated heterocycles. The van der Waals surface area contributed by atoms with Gasteiger partial charge in [-0.1, -0.05) is 120 Å². The summed E-state index contributed by atoms with van der Waals surface area (Å²) < 4.78 is 14.2. The first-order chi connectivity index (χ1) is 17.6. The first-order valence-corrected chi connectivity index (χ1v) is 24.3. The van der Waals surface area contributed by atoms with Crippen LogP contribution in [0.2, 0.25) is 54.4 Å². The van der Waals surface area contributed by atoms with Crippen molar-refractivity contribution in [1.82, 2.24) is 0 Å². The largest absolute Gasteiger partial charge is 0.413 e. The number of nitriles is 1. The van der Waals surface area contributed by atoms with Gasteiger partial charge in [-0.25, -0.2) is 0 Å². The molecule has 0 saturated carbocycles. The molecule has 0 aromatic heterocycles. The average molecular weight is 594 g/mol. The van der Waals surface area contributed by atoms with E-state index in [1.165, 1.54) is 0 Å². The SMILES string of the molecule is CC(C)[Si](O[C@@H](CCCC#N)C[C@H](C)/C=C/[C@@H](C)[C@@H](/C=C/[Si](C)(C)C)O[Si](C)(C)C(C)(C)C)(C(C)C)C(C)C. The summed E-state index contributed by atoms with van der Waals surface area (Å²) in [7, 11) is -5.21. The number of allylic oxidation sites excluding steroid dienone is 1. The minimum absolute atomic E-state index is 0.103. The van der Waals surface area contributed by atoms with Gasteiger partial charge < -0.3 is 8.85 Å². The van der Waals surface area contributed by atoms with Crippen molar-refractivity contribution in [1.29, 1.82) is 5.26 Å². The monoisotopic (exact) mass is 593 g/mol. The van der Waals surface area contributed by atoms with Gasteiger partial charge >= 0.3 is 0 Å². The third kappa shape index (κ3) is 12.9. The number of hydrogen-bond donors (Lipinski definition) is 0. The van der Waals surface area contributed by atoms with Crippen molar-refractivity contribution in [2.75, 3.05) is 0 Å². The van der Waals surface area contributed by atoms with Gasteiger partial charge in [0.15, 0.2) is 8.32 Å². The Labute approximate surface area is 248 Å². The fourth-order valence-electron chi connectivity index (χ4n) is 5.52. The van der Waals surface area contributed by atoms with Crippen molar-refractivity contribution >= 4 is 24.7 Å². The van der Waals surface area contributed by atoms with Crippen LogP contribution in [0.5, 0.6) is 0 Å². The fourth-order valence-corrected chi connectivity index (χ4v) is 13.2. The molecular formula is C33H67NO2Si3. The van der Waals surface area contributed by atoms with E-state index in [-0.39, 0.29) is 17.2 Å². The van der Waals surface area contributed by atoms with E-state index in [0.717, 1.165) is 19.3 Å². The molecule has 0 N–H and O–H groups in total. The van der Waals surface area contributed by atoms with Crippen LogP contribution in [0, 0.1) is 23.2 Å². The molecule has 0 aromatic carbocycles. The molecule has 0 radical (unpaired) electrons. The molecule has 0 heterocycles. The van der Waals surface area contributed by atoms with Gasteiger partial charge in [0, 0.05) is 18.4 Å². The summed E-state index contributed by atoms with van der Waals surface area (Å²) in [6.07, 6.45) is 11.0. The lowest BCUT2D eigenvalue weighted by Crippen LogP contribution is -2.50. The summed E-state index contributed by atoms with van der Waals surface area (Å²) in [6, 6.07) is 2.34. The summed E-state index contributed by atoms with van der Waals surface area (Å²) in [5, 5.41) is 9.36. The highest BCUT2D eigenvalue weighted by molar-refractivity contribution is 6.81. The van der Waals surface area contributed by atoms with Crippen LogP contribution in [0.25, 0.3) is 0 Å². The van der Waals surface area contributed by atoms with Crippen LogP contribution >= 0.6 is 0 Å². The zero-order valence-electron chi connectivity index (χ0n) is 28.9. The second-order valence-electron chi connectivity index (χ2n) is 15.6. The molecule has 0 fully saturated rings. The molecule has 39 heavy (non-hydrogen) atoms. The van der Waals surface area contributed by atoms with Crippen molar-refractivity contribution in [3.63, 3.8) is 0 Å². The number of hydrogen-bond acceptors (Lipinski definition) is 3. The molecule has 228 valence electrons. The molecule has 0 aliphatic rings. The number of unbranched alkanes of at least 4 members (excludes halogenated alkanes) is 1. The molecule has 0 aliphatic carbocycles. The van der Waals surface area contributed by atoms with Gasteiger partial charge in [0.2, 0.25) is 8.32 Å². The van der Waals surface area contributed by atoms with E-state index < -0.39 is 24.7 Å². The van der Waals surface area contributed by atoms with Gasteiger partial charge in [0.25, 0.3) is 0 Å². The van der Waals surface area contributed by atoms with Crippen LogP contribution in [0.3, 0.4) is 0 Å². The molecule has 4 atom stereocenters. The second-order valence-corrected chi connectivity index (χ2v) is 30.9. The lowest BCUT2D eigenvalue weighted by molar-refractivity contribution is 0.142. The minimum Gasteiger partial charge on any atom is -0.413 e. The zero-order chi connectivity index (χ0) is 30.8. The summed E-state index contributed by atoms with van der Waals surface area (Å²) in [4.78, 5) is 0. The first kappa shape index (κ1) is 38.5. The lowest BCUT2D eigenvalue weighted by atomic mass is 9.96. The first-order valence-electron chi connectivity index (χ1n) is 15.7. The molecule has 0 bridgehead atoms. The minimum atomic E-state index is -1.98. The maximum Gasteiger partial charge on any atom is 0.200 e. The molecule has 0 rings (SSSR count). The van der Waals surface area contributed by atoms with Crippen molar-refractivity contribution in [3.05, 3.63) is 23.9 Å². The van der Waals surface area contributed by atoms with Crippen LogP contribution in [-0.2, 0) is 8.85 Å².